The van der Waals surface area contributed by atoms with Crippen molar-refractivity contribution in [2.45, 2.75) is 6.42 Å². The van der Waals surface area contributed by atoms with Crippen LogP contribution in [-0.2, 0) is 6.42 Å². The lowest BCUT2D eigenvalue weighted by molar-refractivity contribution is -0.385. The summed E-state index contributed by atoms with van der Waals surface area (Å²) in [4.78, 5) is 29.9. The molecule has 0 bridgehead atoms. The van der Waals surface area contributed by atoms with Gasteiger partial charge in [-0.05, 0) is 18.2 Å². The van der Waals surface area contributed by atoms with Gasteiger partial charge in [-0.15, -0.1) is 0 Å². The van der Waals surface area contributed by atoms with Gasteiger partial charge in [0.05, 0.1) is 4.92 Å². The summed E-state index contributed by atoms with van der Waals surface area (Å²) in [5, 5.41) is 13.5. The Morgan fingerprint density at radius 2 is 2.19 bits per heavy atom. The zero-order valence-electron chi connectivity index (χ0n) is 11.0. The number of aromatic nitrogens is 2. The minimum atomic E-state index is -0.667. The van der Waals surface area contributed by atoms with Crippen molar-refractivity contribution in [1.29, 1.82) is 0 Å². The van der Waals surface area contributed by atoms with Crippen LogP contribution in [0.4, 0.5) is 11.5 Å². The minimum absolute atomic E-state index is 0.0514. The molecule has 0 saturated carbocycles. The van der Waals surface area contributed by atoms with E-state index in [1.807, 2.05) is 12.1 Å². The van der Waals surface area contributed by atoms with Crippen molar-refractivity contribution in [3.8, 4) is 0 Å². The van der Waals surface area contributed by atoms with Gasteiger partial charge in [-0.3, -0.25) is 19.9 Å². The summed E-state index contributed by atoms with van der Waals surface area (Å²) in [7, 11) is 0. The summed E-state index contributed by atoms with van der Waals surface area (Å²) in [5.74, 6) is -0.512. The van der Waals surface area contributed by atoms with Gasteiger partial charge >= 0.3 is 0 Å². The highest BCUT2D eigenvalue weighted by atomic mass is 16.6. The number of carbonyl (C=O) groups excluding carboxylic acids is 1. The number of nitrogen functional groups attached to an aromatic ring is 1. The Bertz CT molecular complexity index is 660. The normalized spacial score (nSPS) is 10.1. The number of nitro groups is 1. The summed E-state index contributed by atoms with van der Waals surface area (Å²) < 4.78 is 0. The number of nitrogens with zero attached hydrogens (tertiary/aromatic N) is 3. The lowest BCUT2D eigenvalue weighted by atomic mass is 10.2. The van der Waals surface area contributed by atoms with Gasteiger partial charge in [-0.1, -0.05) is 6.07 Å². The number of amides is 1. The van der Waals surface area contributed by atoms with Gasteiger partial charge in [0, 0.05) is 24.9 Å². The first-order chi connectivity index (χ1) is 10.1. The molecule has 0 unspecified atom stereocenters. The summed E-state index contributed by atoms with van der Waals surface area (Å²) in [6, 6.07) is 6.66. The van der Waals surface area contributed by atoms with Crippen molar-refractivity contribution >= 4 is 17.4 Å². The van der Waals surface area contributed by atoms with Gasteiger partial charge in [0.2, 0.25) is 0 Å². The third-order valence-electron chi connectivity index (χ3n) is 2.74. The highest BCUT2D eigenvalue weighted by Crippen LogP contribution is 2.18. The van der Waals surface area contributed by atoms with Crippen molar-refractivity contribution in [2.75, 3.05) is 12.3 Å². The Morgan fingerprint density at radius 1 is 1.38 bits per heavy atom. The largest absolute Gasteiger partial charge is 0.384 e. The number of pyridine rings is 2. The van der Waals surface area contributed by atoms with Crippen molar-refractivity contribution in [3.63, 3.8) is 0 Å². The van der Waals surface area contributed by atoms with Crippen LogP contribution in [0.1, 0.15) is 16.1 Å². The molecule has 0 aliphatic rings. The predicted molar refractivity (Wildman–Crippen MR) is 75.6 cm³/mol. The van der Waals surface area contributed by atoms with E-state index in [9.17, 15) is 14.9 Å². The molecule has 0 spiro atoms. The highest BCUT2D eigenvalue weighted by molar-refractivity contribution is 5.98. The quantitative estimate of drug-likeness (QED) is 0.623. The van der Waals surface area contributed by atoms with E-state index >= 15 is 0 Å². The molecule has 108 valence electrons. The Kier molecular flexibility index (Phi) is 4.39. The van der Waals surface area contributed by atoms with Crippen LogP contribution in [0.3, 0.4) is 0 Å². The van der Waals surface area contributed by atoms with Crippen LogP contribution >= 0.6 is 0 Å². The number of carbonyl (C=O) groups is 1. The first-order valence-electron chi connectivity index (χ1n) is 6.16. The Morgan fingerprint density at radius 3 is 2.86 bits per heavy atom. The molecule has 0 fully saturated rings. The van der Waals surface area contributed by atoms with Crippen LogP contribution in [0.15, 0.2) is 36.7 Å². The molecule has 8 heteroatoms. The van der Waals surface area contributed by atoms with Crippen LogP contribution in [0, 0.1) is 10.1 Å². The number of hydrogen-bond donors (Lipinski definition) is 2. The predicted octanol–water partition coefficient (Wildman–Crippen LogP) is 0.939. The molecule has 2 heterocycles. The zero-order chi connectivity index (χ0) is 15.2. The number of nitrogens with two attached hydrogens (primary N) is 1. The van der Waals surface area contributed by atoms with E-state index in [0.29, 0.717) is 13.0 Å². The molecule has 0 aliphatic carbocycles. The fraction of sp³-hybridized carbons (Fsp3) is 0.154. The van der Waals surface area contributed by atoms with E-state index in [-0.39, 0.29) is 17.1 Å². The van der Waals surface area contributed by atoms with E-state index in [0.717, 1.165) is 11.9 Å². The smallest absolute Gasteiger partial charge is 0.300 e. The van der Waals surface area contributed by atoms with Crippen molar-refractivity contribution in [1.82, 2.24) is 15.3 Å². The average molecular weight is 287 g/mol. The van der Waals surface area contributed by atoms with Crippen molar-refractivity contribution < 1.29 is 9.72 Å². The molecule has 0 atom stereocenters. The van der Waals surface area contributed by atoms with Gasteiger partial charge in [0.1, 0.15) is 17.6 Å². The van der Waals surface area contributed by atoms with E-state index in [2.05, 4.69) is 15.3 Å². The third kappa shape index (κ3) is 3.72. The van der Waals surface area contributed by atoms with Gasteiger partial charge in [-0.25, -0.2) is 4.98 Å². The Balaban J connectivity index is 2.03. The number of rotatable bonds is 5. The Labute approximate surface area is 120 Å². The fourth-order valence-corrected chi connectivity index (χ4v) is 1.74. The van der Waals surface area contributed by atoms with Gasteiger partial charge in [0.15, 0.2) is 0 Å². The first-order valence-corrected chi connectivity index (χ1v) is 6.16. The van der Waals surface area contributed by atoms with E-state index < -0.39 is 10.8 Å². The molecule has 0 aliphatic heterocycles. The molecule has 0 radical (unpaired) electrons. The van der Waals surface area contributed by atoms with Gasteiger partial charge < -0.3 is 11.1 Å². The van der Waals surface area contributed by atoms with Gasteiger partial charge in [0.25, 0.3) is 11.6 Å². The molecule has 2 aromatic heterocycles. The Hall–Kier alpha value is -3.03. The second-order valence-corrected chi connectivity index (χ2v) is 4.21. The summed E-state index contributed by atoms with van der Waals surface area (Å²) in [6.07, 6.45) is 3.16. The first kappa shape index (κ1) is 14.4. The topological polar surface area (TPSA) is 124 Å². The molecular formula is C13H13N5O3. The molecule has 0 aromatic carbocycles. The van der Waals surface area contributed by atoms with Crippen molar-refractivity contribution in [3.05, 3.63) is 58.0 Å². The van der Waals surface area contributed by atoms with Crippen LogP contribution in [-0.4, -0.2) is 27.3 Å². The average Bonchev–Trinajstić information content (AvgIpc) is 2.47. The maximum atomic E-state index is 12.0. The second-order valence-electron chi connectivity index (χ2n) is 4.21. The number of nitrogens with one attached hydrogen (secondary N) is 1. The molecule has 2 aromatic rings. The van der Waals surface area contributed by atoms with E-state index in [1.54, 1.807) is 12.3 Å². The molecule has 8 nitrogen and oxygen atoms in total. The summed E-state index contributed by atoms with van der Waals surface area (Å²) >= 11 is 0. The lowest BCUT2D eigenvalue weighted by Crippen LogP contribution is -2.26. The lowest BCUT2D eigenvalue weighted by Gasteiger charge is -2.06. The van der Waals surface area contributed by atoms with Crippen LogP contribution in [0.2, 0.25) is 0 Å². The molecule has 3 N–H and O–H groups in total. The van der Waals surface area contributed by atoms with Crippen molar-refractivity contribution in [2.24, 2.45) is 0 Å². The second kappa shape index (κ2) is 6.42. The molecule has 0 saturated heterocycles. The maximum Gasteiger partial charge on any atom is 0.300 e. The van der Waals surface area contributed by atoms with E-state index in [4.69, 9.17) is 5.73 Å². The molecule has 1 amide bonds. The molecular weight excluding hydrogens is 274 g/mol. The SMILES string of the molecule is Nc1cc(C(=O)NCCc2ccccn2)c([N+](=O)[O-])cn1. The summed E-state index contributed by atoms with van der Waals surface area (Å²) in [6.45, 7) is 0.315. The minimum Gasteiger partial charge on any atom is -0.384 e. The zero-order valence-corrected chi connectivity index (χ0v) is 11.0. The number of hydrogen-bond acceptors (Lipinski definition) is 6. The van der Waals surface area contributed by atoms with Crippen LogP contribution in [0.5, 0.6) is 0 Å². The molecule has 21 heavy (non-hydrogen) atoms. The summed E-state index contributed by atoms with van der Waals surface area (Å²) in [5.41, 5.74) is 5.80. The van der Waals surface area contributed by atoms with Crippen LogP contribution in [0.25, 0.3) is 0 Å². The molecule has 2 rings (SSSR count). The highest BCUT2D eigenvalue weighted by Gasteiger charge is 2.20. The third-order valence-corrected chi connectivity index (χ3v) is 2.74. The maximum absolute atomic E-state index is 12.0. The fourth-order valence-electron chi connectivity index (χ4n) is 1.74. The standard InChI is InChI=1S/C13H13N5O3/c14-12-7-10(11(8-17-12)18(20)21)13(19)16-6-4-9-3-1-2-5-15-9/h1-3,5,7-8H,4,6H2,(H2,14,17)(H,16,19). The van der Waals surface area contributed by atoms with Crippen LogP contribution < -0.4 is 11.1 Å². The monoisotopic (exact) mass is 287 g/mol. The van der Waals surface area contributed by atoms with Gasteiger partial charge in [-0.2, -0.15) is 0 Å². The van der Waals surface area contributed by atoms with E-state index in [1.165, 1.54) is 6.07 Å². The number of anilines is 1.